The number of hydrogen-bond donors (Lipinski definition) is 2. The quantitative estimate of drug-likeness (QED) is 0.839. The highest BCUT2D eigenvalue weighted by Gasteiger charge is 2.15. The van der Waals surface area contributed by atoms with Crippen molar-refractivity contribution in [3.8, 4) is 0 Å². The highest BCUT2D eigenvalue weighted by Crippen LogP contribution is 2.26. The van der Waals surface area contributed by atoms with Gasteiger partial charge >= 0.3 is 0 Å². The first kappa shape index (κ1) is 12.5. The van der Waals surface area contributed by atoms with Crippen molar-refractivity contribution in [1.82, 2.24) is 0 Å². The van der Waals surface area contributed by atoms with E-state index in [-0.39, 0.29) is 12.0 Å². The van der Waals surface area contributed by atoms with Crippen molar-refractivity contribution >= 4 is 27.8 Å². The van der Waals surface area contributed by atoms with E-state index < -0.39 is 0 Å². The lowest BCUT2D eigenvalue weighted by Crippen LogP contribution is -2.27. The molecule has 1 aliphatic heterocycles. The van der Waals surface area contributed by atoms with E-state index in [2.05, 4.69) is 21.2 Å². The molecule has 0 radical (unpaired) electrons. The summed E-state index contributed by atoms with van der Waals surface area (Å²) in [5, 5.41) is 10.5. The Labute approximate surface area is 108 Å². The number of ether oxygens (including phenoxy) is 1. The van der Waals surface area contributed by atoms with Gasteiger partial charge in [0.15, 0.2) is 0 Å². The second-order valence-corrected chi connectivity index (χ2v) is 4.85. The van der Waals surface area contributed by atoms with Crippen LogP contribution in [0.4, 0.5) is 10.1 Å². The maximum atomic E-state index is 13.3. The van der Waals surface area contributed by atoms with Crippen molar-refractivity contribution in [3.05, 3.63) is 28.0 Å². The molecule has 1 aromatic carbocycles. The molecule has 2 rings (SSSR count). The fourth-order valence-electron chi connectivity index (χ4n) is 1.83. The van der Waals surface area contributed by atoms with Crippen LogP contribution < -0.4 is 5.32 Å². The van der Waals surface area contributed by atoms with Gasteiger partial charge in [0.1, 0.15) is 12.0 Å². The van der Waals surface area contributed by atoms with Gasteiger partial charge < -0.3 is 15.5 Å². The van der Waals surface area contributed by atoms with E-state index in [1.165, 1.54) is 6.07 Å². The summed E-state index contributed by atoms with van der Waals surface area (Å²) in [6.07, 6.45) is 4.25. The number of anilines is 1. The molecule has 1 heterocycles. The van der Waals surface area contributed by atoms with E-state index in [1.54, 1.807) is 6.07 Å². The first-order chi connectivity index (χ1) is 8.20. The summed E-state index contributed by atoms with van der Waals surface area (Å²) >= 11 is 3.14. The Morgan fingerprint density at radius 2 is 2.29 bits per heavy atom. The van der Waals surface area contributed by atoms with E-state index in [0.29, 0.717) is 10.0 Å². The van der Waals surface area contributed by atoms with Gasteiger partial charge in [-0.3, -0.25) is 0 Å². The molecule has 1 aliphatic rings. The van der Waals surface area contributed by atoms with E-state index in [4.69, 9.17) is 10.1 Å². The Bertz CT molecular complexity index is 419. The van der Waals surface area contributed by atoms with Gasteiger partial charge in [-0.15, -0.1) is 0 Å². The van der Waals surface area contributed by atoms with Crippen LogP contribution in [0.25, 0.3) is 0 Å². The molecule has 2 N–H and O–H groups in total. The van der Waals surface area contributed by atoms with Crippen LogP contribution in [0, 0.1) is 11.2 Å². The molecular formula is C12H14BrFN2O. The molecule has 3 nitrogen and oxygen atoms in total. The predicted molar refractivity (Wildman–Crippen MR) is 69.2 cm³/mol. The summed E-state index contributed by atoms with van der Waals surface area (Å²) in [4.78, 5) is 0. The second-order valence-electron chi connectivity index (χ2n) is 4.00. The molecule has 0 bridgehead atoms. The highest BCUT2D eigenvalue weighted by molar-refractivity contribution is 9.10. The van der Waals surface area contributed by atoms with Crippen molar-refractivity contribution in [2.45, 2.75) is 25.5 Å². The Morgan fingerprint density at radius 3 is 2.94 bits per heavy atom. The SMILES string of the molecule is N=Cc1cc(F)c(Br)cc1NC1CCCCO1. The molecule has 0 aromatic heterocycles. The maximum Gasteiger partial charge on any atom is 0.138 e. The zero-order valence-corrected chi connectivity index (χ0v) is 10.9. The first-order valence-corrected chi connectivity index (χ1v) is 6.37. The molecular weight excluding hydrogens is 287 g/mol. The van der Waals surface area contributed by atoms with Crippen molar-refractivity contribution in [2.75, 3.05) is 11.9 Å². The Morgan fingerprint density at radius 1 is 1.47 bits per heavy atom. The summed E-state index contributed by atoms with van der Waals surface area (Å²) in [7, 11) is 0. The summed E-state index contributed by atoms with van der Waals surface area (Å²) in [5.41, 5.74) is 1.25. The van der Waals surface area contributed by atoms with Crippen molar-refractivity contribution in [3.63, 3.8) is 0 Å². The number of halogens is 2. The third kappa shape index (κ3) is 3.04. The van der Waals surface area contributed by atoms with Gasteiger partial charge in [-0.25, -0.2) is 4.39 Å². The molecule has 0 spiro atoms. The third-order valence-corrected chi connectivity index (χ3v) is 3.35. The van der Waals surface area contributed by atoms with Crippen LogP contribution in [-0.4, -0.2) is 19.0 Å². The van der Waals surface area contributed by atoms with Gasteiger partial charge in [0.05, 0.1) is 4.47 Å². The normalized spacial score (nSPS) is 20.0. The molecule has 0 amide bonds. The fraction of sp³-hybridized carbons (Fsp3) is 0.417. The van der Waals surface area contributed by atoms with Crippen LogP contribution in [0.2, 0.25) is 0 Å². The minimum absolute atomic E-state index is 0.0418. The highest BCUT2D eigenvalue weighted by atomic mass is 79.9. The van der Waals surface area contributed by atoms with Gasteiger partial charge in [0.25, 0.3) is 0 Å². The fourth-order valence-corrected chi connectivity index (χ4v) is 2.18. The maximum absolute atomic E-state index is 13.3. The molecule has 1 saturated heterocycles. The zero-order chi connectivity index (χ0) is 12.3. The topological polar surface area (TPSA) is 45.1 Å². The number of nitrogens with one attached hydrogen (secondary N) is 2. The smallest absolute Gasteiger partial charge is 0.138 e. The van der Waals surface area contributed by atoms with Gasteiger partial charge in [-0.05, 0) is 47.3 Å². The lowest BCUT2D eigenvalue weighted by molar-refractivity contribution is 0.0343. The van der Waals surface area contributed by atoms with E-state index >= 15 is 0 Å². The molecule has 92 valence electrons. The van der Waals surface area contributed by atoms with Crippen LogP contribution in [0.5, 0.6) is 0 Å². The molecule has 5 heteroatoms. The van der Waals surface area contributed by atoms with Gasteiger partial charge in [0, 0.05) is 24.1 Å². The second kappa shape index (κ2) is 5.60. The van der Waals surface area contributed by atoms with Crippen molar-refractivity contribution in [2.24, 2.45) is 0 Å². The Balaban J connectivity index is 2.18. The van der Waals surface area contributed by atoms with Gasteiger partial charge in [-0.1, -0.05) is 0 Å². The molecule has 0 saturated carbocycles. The van der Waals surface area contributed by atoms with Crippen molar-refractivity contribution in [1.29, 1.82) is 5.41 Å². The average Bonchev–Trinajstić information content (AvgIpc) is 2.35. The number of hydrogen-bond acceptors (Lipinski definition) is 3. The van der Waals surface area contributed by atoms with E-state index in [1.807, 2.05) is 0 Å². The molecule has 1 aromatic rings. The Hall–Kier alpha value is -0.940. The predicted octanol–water partition coefficient (Wildman–Crippen LogP) is 3.52. The summed E-state index contributed by atoms with van der Waals surface area (Å²) in [5.74, 6) is -0.362. The van der Waals surface area contributed by atoms with Crippen LogP contribution in [0.15, 0.2) is 16.6 Å². The lowest BCUT2D eigenvalue weighted by atomic mass is 10.1. The Kier molecular flexibility index (Phi) is 4.12. The summed E-state index contributed by atoms with van der Waals surface area (Å²) in [6.45, 7) is 0.750. The number of benzene rings is 1. The summed E-state index contributed by atoms with van der Waals surface area (Å²) in [6, 6.07) is 2.98. The monoisotopic (exact) mass is 300 g/mol. The largest absolute Gasteiger partial charge is 0.360 e. The van der Waals surface area contributed by atoms with Gasteiger partial charge in [-0.2, -0.15) is 0 Å². The first-order valence-electron chi connectivity index (χ1n) is 5.58. The zero-order valence-electron chi connectivity index (χ0n) is 9.30. The molecule has 1 unspecified atom stereocenters. The van der Waals surface area contributed by atoms with Crippen molar-refractivity contribution < 1.29 is 9.13 Å². The minimum atomic E-state index is -0.362. The average molecular weight is 301 g/mol. The standard InChI is InChI=1S/C12H14BrFN2O/c13-9-6-11(8(7-15)5-10(9)14)16-12-3-1-2-4-17-12/h5-7,12,15-16H,1-4H2. The lowest BCUT2D eigenvalue weighted by Gasteiger charge is -2.25. The number of rotatable bonds is 3. The third-order valence-electron chi connectivity index (χ3n) is 2.74. The van der Waals surface area contributed by atoms with Crippen LogP contribution in [-0.2, 0) is 4.74 Å². The summed E-state index contributed by atoms with van der Waals surface area (Å²) < 4.78 is 19.3. The van der Waals surface area contributed by atoms with Crippen LogP contribution in [0.3, 0.4) is 0 Å². The molecule has 1 fully saturated rings. The van der Waals surface area contributed by atoms with E-state index in [9.17, 15) is 4.39 Å². The molecule has 17 heavy (non-hydrogen) atoms. The van der Waals surface area contributed by atoms with Crippen LogP contribution >= 0.6 is 15.9 Å². The van der Waals surface area contributed by atoms with E-state index in [0.717, 1.165) is 37.8 Å². The van der Waals surface area contributed by atoms with Crippen LogP contribution in [0.1, 0.15) is 24.8 Å². The molecule has 0 aliphatic carbocycles. The van der Waals surface area contributed by atoms with Gasteiger partial charge in [0.2, 0.25) is 0 Å². The molecule has 1 atom stereocenters. The minimum Gasteiger partial charge on any atom is -0.360 e.